The van der Waals surface area contributed by atoms with Gasteiger partial charge in [0.2, 0.25) is 5.91 Å². The summed E-state index contributed by atoms with van der Waals surface area (Å²) in [6.45, 7) is 3.20. The van der Waals surface area contributed by atoms with E-state index >= 15 is 0 Å². The van der Waals surface area contributed by atoms with Crippen molar-refractivity contribution in [3.05, 3.63) is 20.8 Å². The number of primary amides is 1. The number of nitrogens with one attached hydrogen (secondary N) is 1. The third-order valence-corrected chi connectivity index (χ3v) is 4.63. The highest BCUT2D eigenvalue weighted by Gasteiger charge is 2.27. The number of piperazine rings is 1. The Morgan fingerprint density at radius 2 is 2.56 bits per heavy atom. The maximum Gasteiger partial charge on any atom is 0.236 e. The molecule has 1 saturated heterocycles. The molecule has 0 spiro atoms. The predicted octanol–water partition coefficient (Wildman–Crippen LogP) is 0.770. The lowest BCUT2D eigenvalue weighted by atomic mass is 10.2. The van der Waals surface area contributed by atoms with Gasteiger partial charge in [0.05, 0.1) is 0 Å². The molecule has 0 aromatic carbocycles. The maximum atomic E-state index is 11.3. The monoisotopic (exact) mass is 303 g/mol. The van der Waals surface area contributed by atoms with Crippen LogP contribution in [0.2, 0.25) is 0 Å². The number of hydrogen-bond donors (Lipinski definition) is 2. The van der Waals surface area contributed by atoms with Crippen LogP contribution in [0.3, 0.4) is 0 Å². The molecular weight excluding hydrogens is 290 g/mol. The molecule has 0 radical (unpaired) electrons. The van der Waals surface area contributed by atoms with Crippen LogP contribution in [0.15, 0.2) is 15.9 Å². The largest absolute Gasteiger partial charge is 0.368 e. The Balaban J connectivity index is 2.07. The number of carbonyl (C=O) groups excluding carboxylic acids is 1. The van der Waals surface area contributed by atoms with Crippen molar-refractivity contribution >= 4 is 33.2 Å². The van der Waals surface area contributed by atoms with Crippen LogP contribution in [0, 0.1) is 0 Å². The van der Waals surface area contributed by atoms with E-state index in [-0.39, 0.29) is 11.9 Å². The van der Waals surface area contributed by atoms with Crippen LogP contribution in [-0.4, -0.2) is 36.5 Å². The van der Waals surface area contributed by atoms with E-state index in [0.29, 0.717) is 6.54 Å². The van der Waals surface area contributed by atoms with E-state index in [0.717, 1.165) is 24.1 Å². The molecule has 1 amide bonds. The zero-order chi connectivity index (χ0) is 11.5. The molecule has 1 atom stereocenters. The first-order chi connectivity index (χ1) is 7.68. The average molecular weight is 304 g/mol. The Morgan fingerprint density at radius 3 is 3.19 bits per heavy atom. The highest BCUT2D eigenvalue weighted by Crippen LogP contribution is 2.25. The van der Waals surface area contributed by atoms with Crippen LogP contribution in [0.5, 0.6) is 0 Å². The third kappa shape index (κ3) is 2.63. The van der Waals surface area contributed by atoms with E-state index in [1.165, 1.54) is 4.88 Å². The molecule has 88 valence electrons. The molecule has 16 heavy (non-hydrogen) atoms. The molecule has 0 aliphatic carbocycles. The summed E-state index contributed by atoms with van der Waals surface area (Å²) in [7, 11) is 0. The van der Waals surface area contributed by atoms with Gasteiger partial charge in [-0.3, -0.25) is 9.69 Å². The van der Waals surface area contributed by atoms with Crippen molar-refractivity contribution < 1.29 is 4.79 Å². The zero-order valence-corrected chi connectivity index (χ0v) is 11.2. The molecule has 1 fully saturated rings. The second kappa shape index (κ2) is 5.27. The molecule has 1 aliphatic rings. The molecule has 2 heterocycles. The van der Waals surface area contributed by atoms with Crippen molar-refractivity contribution in [3.8, 4) is 0 Å². The standard InChI is InChI=1S/C10H14BrN3OS/c11-7-1-4-16-9(7)6-14-3-2-13-5-8(14)10(12)15/h1,4,8,13H,2-3,5-6H2,(H2,12,15). The average Bonchev–Trinajstić information content (AvgIpc) is 2.65. The molecule has 1 aliphatic heterocycles. The van der Waals surface area contributed by atoms with Crippen LogP contribution >= 0.6 is 27.3 Å². The zero-order valence-electron chi connectivity index (χ0n) is 8.78. The van der Waals surface area contributed by atoms with Gasteiger partial charge in [-0.15, -0.1) is 11.3 Å². The topological polar surface area (TPSA) is 58.4 Å². The molecule has 1 aromatic heterocycles. The number of nitrogens with two attached hydrogens (primary N) is 1. The second-order valence-electron chi connectivity index (χ2n) is 3.78. The van der Waals surface area contributed by atoms with Crippen molar-refractivity contribution in [3.63, 3.8) is 0 Å². The van der Waals surface area contributed by atoms with Crippen molar-refractivity contribution in [2.24, 2.45) is 5.73 Å². The van der Waals surface area contributed by atoms with E-state index < -0.39 is 0 Å². The SMILES string of the molecule is NC(=O)C1CNCCN1Cc1sccc1Br. The maximum absolute atomic E-state index is 11.3. The lowest BCUT2D eigenvalue weighted by Gasteiger charge is -2.33. The minimum absolute atomic E-state index is 0.192. The number of halogens is 1. The molecular formula is C10H14BrN3OS. The molecule has 3 N–H and O–H groups in total. The van der Waals surface area contributed by atoms with E-state index in [1.54, 1.807) is 11.3 Å². The summed E-state index contributed by atoms with van der Waals surface area (Å²) in [4.78, 5) is 14.7. The Bertz CT molecular complexity index is 382. The van der Waals surface area contributed by atoms with Crippen LogP contribution in [0.1, 0.15) is 4.88 Å². The fourth-order valence-corrected chi connectivity index (χ4v) is 3.34. The number of hydrogen-bond acceptors (Lipinski definition) is 4. The second-order valence-corrected chi connectivity index (χ2v) is 5.64. The van der Waals surface area contributed by atoms with Crippen molar-refractivity contribution in [1.82, 2.24) is 10.2 Å². The van der Waals surface area contributed by atoms with Gasteiger partial charge >= 0.3 is 0 Å². The highest BCUT2D eigenvalue weighted by atomic mass is 79.9. The van der Waals surface area contributed by atoms with Crippen molar-refractivity contribution in [1.29, 1.82) is 0 Å². The summed E-state index contributed by atoms with van der Waals surface area (Å²) in [6, 6.07) is 1.84. The molecule has 1 aromatic rings. The van der Waals surface area contributed by atoms with Gasteiger partial charge in [-0.25, -0.2) is 0 Å². The Hall–Kier alpha value is -0.430. The fraction of sp³-hybridized carbons (Fsp3) is 0.500. The Morgan fingerprint density at radius 1 is 1.75 bits per heavy atom. The van der Waals surface area contributed by atoms with Crippen LogP contribution in [0.4, 0.5) is 0 Å². The molecule has 6 heteroatoms. The summed E-state index contributed by atoms with van der Waals surface area (Å²) in [5.41, 5.74) is 5.40. The summed E-state index contributed by atoms with van der Waals surface area (Å²) < 4.78 is 1.11. The van der Waals surface area contributed by atoms with Gasteiger partial charge < -0.3 is 11.1 Å². The minimum Gasteiger partial charge on any atom is -0.368 e. The van der Waals surface area contributed by atoms with E-state index in [1.807, 2.05) is 11.4 Å². The normalized spacial score (nSPS) is 22.2. The summed E-state index contributed by atoms with van der Waals surface area (Å²) in [6.07, 6.45) is 0. The van der Waals surface area contributed by atoms with Gasteiger partial charge in [0.1, 0.15) is 6.04 Å². The smallest absolute Gasteiger partial charge is 0.236 e. The first-order valence-electron chi connectivity index (χ1n) is 5.14. The van der Waals surface area contributed by atoms with Crippen molar-refractivity contribution in [2.75, 3.05) is 19.6 Å². The highest BCUT2D eigenvalue weighted by molar-refractivity contribution is 9.10. The first-order valence-corrected chi connectivity index (χ1v) is 6.81. The molecule has 2 rings (SSSR count). The summed E-state index contributed by atoms with van der Waals surface area (Å²) in [5.74, 6) is -0.250. The molecule has 0 saturated carbocycles. The number of amides is 1. The van der Waals surface area contributed by atoms with E-state index in [9.17, 15) is 4.79 Å². The minimum atomic E-state index is -0.250. The fourth-order valence-electron chi connectivity index (χ4n) is 1.84. The predicted molar refractivity (Wildman–Crippen MR) is 68.3 cm³/mol. The summed E-state index contributed by atoms with van der Waals surface area (Å²) in [5, 5.41) is 5.23. The van der Waals surface area contributed by atoms with Gasteiger partial charge in [0.25, 0.3) is 0 Å². The quantitative estimate of drug-likeness (QED) is 0.867. The first kappa shape index (κ1) is 12.0. The van der Waals surface area contributed by atoms with Gasteiger partial charge in [0.15, 0.2) is 0 Å². The van der Waals surface area contributed by atoms with E-state index in [4.69, 9.17) is 5.73 Å². The number of nitrogens with zero attached hydrogens (tertiary/aromatic N) is 1. The lowest BCUT2D eigenvalue weighted by molar-refractivity contribution is -0.124. The Labute approximate surface area is 107 Å². The van der Waals surface area contributed by atoms with Gasteiger partial charge in [0, 0.05) is 35.5 Å². The lowest BCUT2D eigenvalue weighted by Crippen LogP contribution is -2.56. The number of thiophene rings is 1. The van der Waals surface area contributed by atoms with E-state index in [2.05, 4.69) is 26.1 Å². The molecule has 1 unspecified atom stereocenters. The molecule has 4 nitrogen and oxygen atoms in total. The van der Waals surface area contributed by atoms with Crippen LogP contribution in [0.25, 0.3) is 0 Å². The van der Waals surface area contributed by atoms with Gasteiger partial charge in [-0.2, -0.15) is 0 Å². The summed E-state index contributed by atoms with van der Waals surface area (Å²) >= 11 is 5.20. The third-order valence-electron chi connectivity index (χ3n) is 2.72. The van der Waals surface area contributed by atoms with Gasteiger partial charge in [-0.05, 0) is 27.4 Å². The van der Waals surface area contributed by atoms with Crippen molar-refractivity contribution in [2.45, 2.75) is 12.6 Å². The van der Waals surface area contributed by atoms with Gasteiger partial charge in [-0.1, -0.05) is 0 Å². The van der Waals surface area contributed by atoms with Crippen LogP contribution < -0.4 is 11.1 Å². The number of rotatable bonds is 3. The Kier molecular flexibility index (Phi) is 3.96. The van der Waals surface area contributed by atoms with Crippen LogP contribution in [-0.2, 0) is 11.3 Å². The number of carbonyl (C=O) groups is 1. The molecule has 0 bridgehead atoms.